The van der Waals surface area contributed by atoms with Crippen LogP contribution in [0, 0.1) is 0 Å². The molecule has 94 valence electrons. The Morgan fingerprint density at radius 3 is 2.41 bits per heavy atom. The van der Waals surface area contributed by atoms with E-state index in [9.17, 15) is 0 Å². The summed E-state index contributed by atoms with van der Waals surface area (Å²) >= 11 is 11.3. The van der Waals surface area contributed by atoms with Crippen LogP contribution in [0.1, 0.15) is 25.7 Å². The molecular formula is C10H14Cl2N4O. The highest BCUT2D eigenvalue weighted by atomic mass is 35.5. The number of nitrogens with one attached hydrogen (secondary N) is 1. The van der Waals surface area contributed by atoms with Crippen molar-refractivity contribution in [2.45, 2.75) is 31.8 Å². The molecular weight excluding hydrogens is 263 g/mol. The number of aromatic nitrogens is 3. The van der Waals surface area contributed by atoms with Gasteiger partial charge in [0.1, 0.15) is 0 Å². The van der Waals surface area contributed by atoms with Crippen molar-refractivity contribution < 1.29 is 4.74 Å². The Hall–Kier alpha value is -0.650. The molecule has 1 N–H and O–H groups in total. The fraction of sp³-hybridized carbons (Fsp3) is 0.700. The molecule has 5 nitrogen and oxygen atoms in total. The number of rotatable bonds is 5. The van der Waals surface area contributed by atoms with Crippen molar-refractivity contribution in [3.05, 3.63) is 10.6 Å². The van der Waals surface area contributed by atoms with Gasteiger partial charge in [0.25, 0.3) is 0 Å². The number of nitrogens with zero attached hydrogens (tertiary/aromatic N) is 3. The smallest absolute Gasteiger partial charge is 0.228 e. The second kappa shape index (κ2) is 6.33. The van der Waals surface area contributed by atoms with E-state index in [-0.39, 0.29) is 10.6 Å². The van der Waals surface area contributed by atoms with Crippen LogP contribution in [0.2, 0.25) is 10.6 Å². The monoisotopic (exact) mass is 276 g/mol. The highest BCUT2D eigenvalue weighted by Crippen LogP contribution is 2.20. The molecule has 2 rings (SSSR count). The maximum Gasteiger partial charge on any atom is 0.228 e. The molecule has 1 aliphatic carbocycles. The van der Waals surface area contributed by atoms with Gasteiger partial charge in [-0.2, -0.15) is 15.0 Å². The normalized spacial score (nSPS) is 16.4. The molecule has 0 aromatic carbocycles. The van der Waals surface area contributed by atoms with Crippen LogP contribution in [0.5, 0.6) is 0 Å². The summed E-state index contributed by atoms with van der Waals surface area (Å²) in [5, 5.41) is 3.17. The summed E-state index contributed by atoms with van der Waals surface area (Å²) in [7, 11) is 0. The minimum atomic E-state index is 0.0872. The maximum atomic E-state index is 5.69. The van der Waals surface area contributed by atoms with Crippen LogP contribution in [0.25, 0.3) is 0 Å². The lowest BCUT2D eigenvalue weighted by Crippen LogP contribution is -2.16. The highest BCUT2D eigenvalue weighted by Gasteiger charge is 2.14. The third kappa shape index (κ3) is 4.26. The van der Waals surface area contributed by atoms with Crippen LogP contribution >= 0.6 is 23.2 Å². The van der Waals surface area contributed by atoms with Crippen molar-refractivity contribution in [1.82, 2.24) is 15.0 Å². The van der Waals surface area contributed by atoms with E-state index < -0.39 is 0 Å². The lowest BCUT2D eigenvalue weighted by molar-refractivity contribution is 0.0658. The average Bonchev–Trinajstić information content (AvgIpc) is 2.76. The Bertz CT molecular complexity index is 351. The number of anilines is 1. The number of ether oxygens (including phenoxy) is 1. The third-order valence-corrected chi connectivity index (χ3v) is 2.96. The van der Waals surface area contributed by atoms with Crippen LogP contribution in [0.4, 0.5) is 5.95 Å². The molecule has 1 heterocycles. The second-order valence-corrected chi connectivity index (χ2v) is 4.58. The maximum absolute atomic E-state index is 5.69. The van der Waals surface area contributed by atoms with Gasteiger partial charge in [0, 0.05) is 6.54 Å². The summed E-state index contributed by atoms with van der Waals surface area (Å²) in [5.74, 6) is 0.380. The van der Waals surface area contributed by atoms with Crippen molar-refractivity contribution in [1.29, 1.82) is 0 Å². The molecule has 1 saturated carbocycles. The number of halogens is 2. The van der Waals surface area contributed by atoms with Crippen LogP contribution in [0.15, 0.2) is 0 Å². The van der Waals surface area contributed by atoms with E-state index in [1.54, 1.807) is 0 Å². The quantitative estimate of drug-likeness (QED) is 0.838. The largest absolute Gasteiger partial charge is 0.376 e. The molecule has 0 spiro atoms. The molecule has 1 aromatic heterocycles. The van der Waals surface area contributed by atoms with E-state index in [4.69, 9.17) is 27.9 Å². The summed E-state index contributed by atoms with van der Waals surface area (Å²) in [5.41, 5.74) is 0. The average molecular weight is 277 g/mol. The van der Waals surface area contributed by atoms with Gasteiger partial charge in [-0.25, -0.2) is 0 Å². The van der Waals surface area contributed by atoms with E-state index in [2.05, 4.69) is 20.3 Å². The Kier molecular flexibility index (Phi) is 4.76. The van der Waals surface area contributed by atoms with Gasteiger partial charge in [-0.1, -0.05) is 12.8 Å². The van der Waals surface area contributed by atoms with Gasteiger partial charge < -0.3 is 10.1 Å². The molecule has 0 aliphatic heterocycles. The zero-order valence-electron chi connectivity index (χ0n) is 9.33. The number of hydrogen-bond acceptors (Lipinski definition) is 5. The topological polar surface area (TPSA) is 59.9 Å². The van der Waals surface area contributed by atoms with Gasteiger partial charge in [-0.15, -0.1) is 0 Å². The zero-order valence-corrected chi connectivity index (χ0v) is 10.8. The van der Waals surface area contributed by atoms with Gasteiger partial charge in [0.05, 0.1) is 12.7 Å². The van der Waals surface area contributed by atoms with Crippen molar-refractivity contribution in [2.75, 3.05) is 18.5 Å². The molecule has 0 atom stereocenters. The van der Waals surface area contributed by atoms with Crippen molar-refractivity contribution in [3.63, 3.8) is 0 Å². The number of hydrogen-bond donors (Lipinski definition) is 1. The Morgan fingerprint density at radius 2 is 1.76 bits per heavy atom. The van der Waals surface area contributed by atoms with Gasteiger partial charge >= 0.3 is 0 Å². The minimum Gasteiger partial charge on any atom is -0.376 e. The first-order valence-corrected chi connectivity index (χ1v) is 6.42. The predicted octanol–water partition coefficient (Wildman–Crippen LogP) is 2.55. The summed E-state index contributed by atoms with van der Waals surface area (Å²) in [6, 6.07) is 0. The van der Waals surface area contributed by atoms with Gasteiger partial charge in [-0.3, -0.25) is 0 Å². The highest BCUT2D eigenvalue weighted by molar-refractivity contribution is 6.31. The first-order valence-electron chi connectivity index (χ1n) is 5.66. The third-order valence-electron chi connectivity index (χ3n) is 2.62. The van der Waals surface area contributed by atoms with E-state index in [0.29, 0.717) is 25.2 Å². The Balaban J connectivity index is 1.70. The Morgan fingerprint density at radius 1 is 1.12 bits per heavy atom. The lowest BCUT2D eigenvalue weighted by atomic mass is 10.3. The molecule has 0 radical (unpaired) electrons. The minimum absolute atomic E-state index is 0.0872. The van der Waals surface area contributed by atoms with Crippen LogP contribution in [0.3, 0.4) is 0 Å². The molecule has 0 saturated heterocycles. The molecule has 0 unspecified atom stereocenters. The SMILES string of the molecule is Clc1nc(Cl)nc(NCCOC2CCCC2)n1. The van der Waals surface area contributed by atoms with Crippen LogP contribution in [-0.2, 0) is 4.74 Å². The summed E-state index contributed by atoms with van der Waals surface area (Å²) in [6.07, 6.45) is 5.31. The predicted molar refractivity (Wildman–Crippen MR) is 66.5 cm³/mol. The van der Waals surface area contributed by atoms with E-state index in [0.717, 1.165) is 0 Å². The van der Waals surface area contributed by atoms with Gasteiger partial charge in [0.2, 0.25) is 16.5 Å². The molecule has 7 heteroatoms. The summed E-state index contributed by atoms with van der Waals surface area (Å²) in [6.45, 7) is 1.26. The van der Waals surface area contributed by atoms with Crippen LogP contribution < -0.4 is 5.32 Å². The lowest BCUT2D eigenvalue weighted by Gasteiger charge is -2.11. The molecule has 0 amide bonds. The van der Waals surface area contributed by atoms with Crippen molar-refractivity contribution >= 4 is 29.2 Å². The molecule has 1 aliphatic rings. The van der Waals surface area contributed by atoms with Crippen molar-refractivity contribution in [2.24, 2.45) is 0 Å². The van der Waals surface area contributed by atoms with Gasteiger partial charge in [-0.05, 0) is 36.0 Å². The molecule has 1 aromatic rings. The van der Waals surface area contributed by atoms with E-state index >= 15 is 0 Å². The molecule has 17 heavy (non-hydrogen) atoms. The van der Waals surface area contributed by atoms with Crippen molar-refractivity contribution in [3.8, 4) is 0 Å². The molecule has 1 fully saturated rings. The van der Waals surface area contributed by atoms with Gasteiger partial charge in [0.15, 0.2) is 0 Å². The van der Waals surface area contributed by atoms with Crippen LogP contribution in [-0.4, -0.2) is 34.2 Å². The first kappa shape index (κ1) is 12.8. The van der Waals surface area contributed by atoms with E-state index in [1.165, 1.54) is 25.7 Å². The van der Waals surface area contributed by atoms with E-state index in [1.807, 2.05) is 0 Å². The Labute approximate surface area is 110 Å². The second-order valence-electron chi connectivity index (χ2n) is 3.90. The standard InChI is InChI=1S/C10H14Cl2N4O/c11-8-14-9(12)16-10(15-8)13-5-6-17-7-3-1-2-4-7/h7H,1-6H2,(H,13,14,15,16). The summed E-state index contributed by atoms with van der Waals surface area (Å²) < 4.78 is 5.69. The fourth-order valence-electron chi connectivity index (χ4n) is 1.85. The first-order chi connectivity index (χ1) is 8.24. The molecule has 0 bridgehead atoms. The fourth-order valence-corrected chi connectivity index (χ4v) is 2.21. The summed E-state index contributed by atoms with van der Waals surface area (Å²) in [4.78, 5) is 11.5. The zero-order chi connectivity index (χ0) is 12.1.